The number of aliphatic hydroxyl groups is 1. The predicted molar refractivity (Wildman–Crippen MR) is 96.1 cm³/mol. The first-order valence-electron chi connectivity index (χ1n) is 9.17. The Labute approximate surface area is 143 Å². The van der Waals surface area contributed by atoms with Gasteiger partial charge in [-0.05, 0) is 62.7 Å². The van der Waals surface area contributed by atoms with Crippen molar-refractivity contribution in [2.45, 2.75) is 31.8 Å². The third-order valence-corrected chi connectivity index (χ3v) is 5.65. The second kappa shape index (κ2) is 7.03. The number of piperidine rings is 2. The van der Waals surface area contributed by atoms with E-state index in [2.05, 4.69) is 15.2 Å². The zero-order valence-corrected chi connectivity index (χ0v) is 14.1. The van der Waals surface area contributed by atoms with Gasteiger partial charge in [0, 0.05) is 13.1 Å². The molecule has 2 aromatic rings. The smallest absolute Gasteiger partial charge is 0.147 e. The number of aromatic nitrogens is 2. The van der Waals surface area contributed by atoms with E-state index >= 15 is 0 Å². The van der Waals surface area contributed by atoms with Gasteiger partial charge >= 0.3 is 0 Å². The van der Waals surface area contributed by atoms with Gasteiger partial charge in [0.05, 0.1) is 23.3 Å². The van der Waals surface area contributed by atoms with Crippen LogP contribution in [-0.2, 0) is 0 Å². The van der Waals surface area contributed by atoms with Crippen LogP contribution in [0.15, 0.2) is 30.5 Å². The highest BCUT2D eigenvalue weighted by Gasteiger charge is 2.31. The zero-order chi connectivity index (χ0) is 16.4. The van der Waals surface area contributed by atoms with Crippen molar-refractivity contribution in [2.75, 3.05) is 31.1 Å². The van der Waals surface area contributed by atoms with Crippen LogP contribution in [0.5, 0.6) is 0 Å². The van der Waals surface area contributed by atoms with Crippen molar-refractivity contribution < 1.29 is 5.11 Å². The molecule has 2 fully saturated rings. The normalized spacial score (nSPS) is 22.0. The lowest BCUT2D eigenvalue weighted by molar-refractivity contribution is 0.0265. The molecule has 0 amide bonds. The van der Waals surface area contributed by atoms with Gasteiger partial charge in [-0.15, -0.1) is 0 Å². The molecule has 0 saturated carbocycles. The second-order valence-corrected chi connectivity index (χ2v) is 7.12. The third kappa shape index (κ3) is 3.23. The second-order valence-electron chi connectivity index (χ2n) is 7.12. The van der Waals surface area contributed by atoms with Crippen LogP contribution in [0.4, 0.5) is 5.82 Å². The maximum absolute atomic E-state index is 10.7. The fourth-order valence-electron chi connectivity index (χ4n) is 4.14. The highest BCUT2D eigenvalue weighted by Crippen LogP contribution is 2.30. The summed E-state index contributed by atoms with van der Waals surface area (Å²) in [5.74, 6) is 1.87. The Morgan fingerprint density at radius 3 is 2.42 bits per heavy atom. The van der Waals surface area contributed by atoms with Crippen LogP contribution >= 0.6 is 0 Å². The maximum Gasteiger partial charge on any atom is 0.147 e. The van der Waals surface area contributed by atoms with Crippen molar-refractivity contribution in [3.05, 3.63) is 30.5 Å². The van der Waals surface area contributed by atoms with E-state index in [1.165, 1.54) is 0 Å². The molecular weight excluding hydrogens is 300 g/mol. The SMILES string of the molecule is OC(C1CCNCC1)C1CCN(c2cnc3ccccc3n2)CC1. The Kier molecular flexibility index (Phi) is 4.63. The van der Waals surface area contributed by atoms with Gasteiger partial charge in [-0.3, -0.25) is 4.98 Å². The molecule has 1 unspecified atom stereocenters. The fraction of sp³-hybridized carbons (Fsp3) is 0.579. The van der Waals surface area contributed by atoms with E-state index in [-0.39, 0.29) is 6.10 Å². The summed E-state index contributed by atoms with van der Waals surface area (Å²) >= 11 is 0. The number of hydrogen-bond acceptors (Lipinski definition) is 5. The van der Waals surface area contributed by atoms with E-state index in [1.54, 1.807) is 0 Å². The molecular formula is C19H26N4O. The van der Waals surface area contributed by atoms with Gasteiger partial charge in [-0.1, -0.05) is 12.1 Å². The number of aliphatic hydroxyl groups excluding tert-OH is 1. The van der Waals surface area contributed by atoms with Crippen molar-refractivity contribution in [3.8, 4) is 0 Å². The number of fused-ring (bicyclic) bond motifs is 1. The predicted octanol–water partition coefficient (Wildman–Crippen LogP) is 2.21. The molecule has 0 aliphatic carbocycles. The molecule has 0 bridgehead atoms. The summed E-state index contributed by atoms with van der Waals surface area (Å²) in [5.41, 5.74) is 1.89. The van der Waals surface area contributed by atoms with Gasteiger partial charge in [-0.2, -0.15) is 0 Å². The average molecular weight is 326 g/mol. The van der Waals surface area contributed by atoms with E-state index < -0.39 is 0 Å². The van der Waals surface area contributed by atoms with Crippen LogP contribution in [0.3, 0.4) is 0 Å². The molecule has 2 saturated heterocycles. The third-order valence-electron chi connectivity index (χ3n) is 5.65. The first kappa shape index (κ1) is 15.8. The van der Waals surface area contributed by atoms with Gasteiger partial charge in [0.15, 0.2) is 0 Å². The Balaban J connectivity index is 1.39. The van der Waals surface area contributed by atoms with E-state index in [4.69, 9.17) is 4.98 Å². The highest BCUT2D eigenvalue weighted by atomic mass is 16.3. The van der Waals surface area contributed by atoms with Crippen molar-refractivity contribution in [1.82, 2.24) is 15.3 Å². The molecule has 2 aliphatic rings. The van der Waals surface area contributed by atoms with Gasteiger partial charge in [0.1, 0.15) is 5.82 Å². The molecule has 2 aliphatic heterocycles. The Morgan fingerprint density at radius 2 is 1.67 bits per heavy atom. The summed E-state index contributed by atoms with van der Waals surface area (Å²) in [6.45, 7) is 4.01. The topological polar surface area (TPSA) is 61.3 Å². The van der Waals surface area contributed by atoms with Crippen molar-refractivity contribution in [2.24, 2.45) is 11.8 Å². The number of para-hydroxylation sites is 2. The first-order valence-corrected chi connectivity index (χ1v) is 9.17. The van der Waals surface area contributed by atoms with Crippen LogP contribution in [-0.4, -0.2) is 47.4 Å². The van der Waals surface area contributed by atoms with Gasteiger partial charge in [-0.25, -0.2) is 4.98 Å². The standard InChI is InChI=1S/C19H26N4O/c24-19(14-5-9-20-10-6-14)15-7-11-23(12-8-15)18-13-21-16-3-1-2-4-17(16)22-18/h1-4,13-15,19-20,24H,5-12H2. The minimum atomic E-state index is -0.142. The summed E-state index contributed by atoms with van der Waals surface area (Å²) in [4.78, 5) is 11.6. The maximum atomic E-state index is 10.7. The van der Waals surface area contributed by atoms with E-state index in [9.17, 15) is 5.11 Å². The Hall–Kier alpha value is -1.72. The lowest BCUT2D eigenvalue weighted by atomic mass is 9.80. The Morgan fingerprint density at radius 1 is 1.00 bits per heavy atom. The number of hydrogen-bond donors (Lipinski definition) is 2. The molecule has 2 N–H and O–H groups in total. The number of anilines is 1. The van der Waals surface area contributed by atoms with Gasteiger partial charge in [0.25, 0.3) is 0 Å². The molecule has 3 heterocycles. The monoisotopic (exact) mass is 326 g/mol. The van der Waals surface area contributed by atoms with Crippen LogP contribution in [0, 0.1) is 11.8 Å². The fourth-order valence-corrected chi connectivity index (χ4v) is 4.14. The number of nitrogens with one attached hydrogen (secondary N) is 1. The van der Waals surface area contributed by atoms with E-state index in [0.717, 1.165) is 68.7 Å². The average Bonchev–Trinajstić information content (AvgIpc) is 2.68. The quantitative estimate of drug-likeness (QED) is 0.905. The molecule has 24 heavy (non-hydrogen) atoms. The molecule has 0 radical (unpaired) electrons. The van der Waals surface area contributed by atoms with Crippen LogP contribution in [0.2, 0.25) is 0 Å². The van der Waals surface area contributed by atoms with E-state index in [0.29, 0.717) is 11.8 Å². The molecule has 4 rings (SSSR count). The molecule has 1 aromatic carbocycles. The summed E-state index contributed by atoms with van der Waals surface area (Å²) in [6, 6.07) is 8.00. The van der Waals surface area contributed by atoms with Gasteiger partial charge < -0.3 is 15.3 Å². The minimum Gasteiger partial charge on any atom is -0.393 e. The molecule has 128 valence electrons. The number of nitrogens with zero attached hydrogens (tertiary/aromatic N) is 3. The first-order chi connectivity index (χ1) is 11.8. The molecule has 1 atom stereocenters. The lowest BCUT2D eigenvalue weighted by Crippen LogP contribution is -2.43. The van der Waals surface area contributed by atoms with Crippen LogP contribution in [0.25, 0.3) is 11.0 Å². The van der Waals surface area contributed by atoms with E-state index in [1.807, 2.05) is 30.5 Å². The largest absolute Gasteiger partial charge is 0.393 e. The summed E-state index contributed by atoms with van der Waals surface area (Å²) in [7, 11) is 0. The lowest BCUT2D eigenvalue weighted by Gasteiger charge is -2.38. The van der Waals surface area contributed by atoms with Crippen LogP contribution in [0.1, 0.15) is 25.7 Å². The summed E-state index contributed by atoms with van der Waals surface area (Å²) in [6.07, 6.45) is 6.04. The molecule has 5 heteroatoms. The zero-order valence-electron chi connectivity index (χ0n) is 14.1. The van der Waals surface area contributed by atoms with Crippen LogP contribution < -0.4 is 10.2 Å². The number of rotatable bonds is 3. The van der Waals surface area contributed by atoms with Crippen molar-refractivity contribution >= 4 is 16.9 Å². The summed E-state index contributed by atoms with van der Waals surface area (Å²) < 4.78 is 0. The highest BCUT2D eigenvalue weighted by molar-refractivity contribution is 5.75. The van der Waals surface area contributed by atoms with Gasteiger partial charge in [0.2, 0.25) is 0 Å². The number of benzene rings is 1. The Bertz CT molecular complexity index is 678. The molecule has 5 nitrogen and oxygen atoms in total. The molecule has 0 spiro atoms. The van der Waals surface area contributed by atoms with Crippen molar-refractivity contribution in [1.29, 1.82) is 0 Å². The summed E-state index contributed by atoms with van der Waals surface area (Å²) in [5, 5.41) is 14.1. The molecule has 1 aromatic heterocycles. The van der Waals surface area contributed by atoms with Crippen molar-refractivity contribution in [3.63, 3.8) is 0 Å². The minimum absolute atomic E-state index is 0.142.